The maximum Gasteiger partial charge on any atom is 0.171 e. The summed E-state index contributed by atoms with van der Waals surface area (Å²) in [5, 5.41) is 8.99. The Hall–Kier alpha value is -3.61. The molecule has 10 nitrogen and oxygen atoms in total. The summed E-state index contributed by atoms with van der Waals surface area (Å²) in [4.78, 5) is 5.57. The van der Waals surface area contributed by atoms with Gasteiger partial charge in [-0.2, -0.15) is 10.2 Å². The van der Waals surface area contributed by atoms with Crippen LogP contribution in [-0.4, -0.2) is 32.6 Å². The second kappa shape index (κ2) is 9.94. The van der Waals surface area contributed by atoms with Crippen molar-refractivity contribution >= 4 is 29.6 Å². The average molecular weight is 496 g/mol. The number of halogens is 1. The van der Waals surface area contributed by atoms with Crippen molar-refractivity contribution in [2.45, 2.75) is 36.7 Å². The Kier molecular flexibility index (Phi) is 6.57. The summed E-state index contributed by atoms with van der Waals surface area (Å²) in [7, 11) is 1.41. The first-order chi connectivity index (χ1) is 17.1. The third-order valence-corrected chi connectivity index (χ3v) is 6.55. The normalized spacial score (nSPS) is 13.7. The van der Waals surface area contributed by atoms with Gasteiger partial charge in [0, 0.05) is 30.7 Å². The molecule has 1 aliphatic carbocycles. The van der Waals surface area contributed by atoms with Crippen molar-refractivity contribution in [2.75, 3.05) is 12.1 Å². The van der Waals surface area contributed by atoms with Gasteiger partial charge >= 0.3 is 0 Å². The highest BCUT2D eigenvalue weighted by molar-refractivity contribution is 7.97. The molecule has 0 bridgehead atoms. The van der Waals surface area contributed by atoms with Crippen LogP contribution in [0.3, 0.4) is 0 Å². The molecule has 1 aliphatic rings. The maximum absolute atomic E-state index is 14.9. The molecule has 0 unspecified atom stereocenters. The standard InChI is InChI=1S/C23H26FN9OS/c1-34-21-6-5-20(33(26)14-27-25)19(23(21)24)9-29-35-18-8-28-32(13-18)12-17-11-31-10-16(15-2-3-15)4-7-22(31)30-17/h4-8,10-11,13-15,29H,2-3,9,12,25-26H2,1H3/b27-14-. The van der Waals surface area contributed by atoms with Gasteiger partial charge in [0.1, 0.15) is 12.0 Å². The minimum absolute atomic E-state index is 0.123. The molecule has 1 aromatic carbocycles. The van der Waals surface area contributed by atoms with E-state index in [9.17, 15) is 4.39 Å². The number of anilines is 1. The molecule has 4 aromatic rings. The number of hydrogen-bond donors (Lipinski definition) is 3. The molecule has 35 heavy (non-hydrogen) atoms. The number of pyridine rings is 1. The van der Waals surface area contributed by atoms with Crippen LogP contribution in [0.4, 0.5) is 10.1 Å². The topological polar surface area (TPSA) is 124 Å². The van der Waals surface area contributed by atoms with E-state index < -0.39 is 5.82 Å². The number of fused-ring (bicyclic) bond motifs is 1. The predicted molar refractivity (Wildman–Crippen MR) is 133 cm³/mol. The van der Waals surface area contributed by atoms with E-state index in [1.54, 1.807) is 12.3 Å². The van der Waals surface area contributed by atoms with Gasteiger partial charge in [-0.1, -0.05) is 6.07 Å². The Labute approximate surface area is 205 Å². The van der Waals surface area contributed by atoms with Crippen molar-refractivity contribution in [3.63, 3.8) is 0 Å². The fourth-order valence-corrected chi connectivity index (χ4v) is 4.59. The number of ether oxygens (including phenoxy) is 1. The number of benzene rings is 1. The molecule has 0 amide bonds. The smallest absolute Gasteiger partial charge is 0.171 e. The number of nitrogens with zero attached hydrogens (tertiary/aromatic N) is 6. The molecular weight excluding hydrogens is 469 g/mol. The number of hydrazine groups is 1. The van der Waals surface area contributed by atoms with Gasteiger partial charge in [0.25, 0.3) is 0 Å². The lowest BCUT2D eigenvalue weighted by atomic mass is 10.1. The van der Waals surface area contributed by atoms with Crippen LogP contribution in [0.2, 0.25) is 0 Å². The number of hydrogen-bond acceptors (Lipinski definition) is 8. The highest BCUT2D eigenvalue weighted by Crippen LogP contribution is 2.39. The molecule has 0 aliphatic heterocycles. The number of methoxy groups -OCH3 is 1. The molecule has 0 spiro atoms. The number of aromatic nitrogens is 4. The lowest BCUT2D eigenvalue weighted by molar-refractivity contribution is 0.384. The summed E-state index contributed by atoms with van der Waals surface area (Å²) in [5.74, 6) is 11.4. The zero-order chi connectivity index (χ0) is 24.4. The fraction of sp³-hybridized carbons (Fsp3) is 0.261. The van der Waals surface area contributed by atoms with Crippen LogP contribution in [0.5, 0.6) is 5.75 Å². The summed E-state index contributed by atoms with van der Waals surface area (Å²) >= 11 is 1.34. The van der Waals surface area contributed by atoms with Crippen LogP contribution in [0, 0.1) is 5.82 Å². The number of nitrogens with two attached hydrogens (primary N) is 2. The molecular formula is C23H26FN9OS. The van der Waals surface area contributed by atoms with Crippen LogP contribution in [0.1, 0.15) is 35.6 Å². The first-order valence-electron chi connectivity index (χ1n) is 11.1. The van der Waals surface area contributed by atoms with Gasteiger partial charge in [-0.15, -0.1) is 0 Å². The van der Waals surface area contributed by atoms with Gasteiger partial charge in [-0.05, 0) is 54.5 Å². The van der Waals surface area contributed by atoms with Crippen molar-refractivity contribution < 1.29 is 9.13 Å². The van der Waals surface area contributed by atoms with E-state index in [0.29, 0.717) is 23.7 Å². The second-order valence-corrected chi connectivity index (χ2v) is 9.25. The van der Waals surface area contributed by atoms with Crippen LogP contribution < -0.4 is 26.2 Å². The number of rotatable bonds is 10. The van der Waals surface area contributed by atoms with Gasteiger partial charge in [0.15, 0.2) is 11.6 Å². The fourth-order valence-electron chi connectivity index (χ4n) is 3.93. The summed E-state index contributed by atoms with van der Waals surface area (Å²) in [6, 6.07) is 7.38. The van der Waals surface area contributed by atoms with Crippen molar-refractivity contribution in [1.29, 1.82) is 0 Å². The number of nitrogens with one attached hydrogen (secondary N) is 1. The van der Waals surface area contributed by atoms with Gasteiger partial charge < -0.3 is 15.0 Å². The second-order valence-electron chi connectivity index (χ2n) is 8.28. The molecule has 5 rings (SSSR count). The van der Waals surface area contributed by atoms with Crippen molar-refractivity contribution in [3.8, 4) is 5.75 Å². The summed E-state index contributed by atoms with van der Waals surface area (Å²) in [6.07, 6.45) is 11.6. The Bertz CT molecular complexity index is 1360. The van der Waals surface area contributed by atoms with Gasteiger partial charge in [0.2, 0.25) is 0 Å². The molecule has 1 saturated carbocycles. The van der Waals surface area contributed by atoms with Crippen LogP contribution in [0.25, 0.3) is 5.65 Å². The van der Waals surface area contributed by atoms with Gasteiger partial charge in [0.05, 0.1) is 36.1 Å². The van der Waals surface area contributed by atoms with E-state index in [2.05, 4.69) is 37.7 Å². The minimum Gasteiger partial charge on any atom is -0.494 e. The lowest BCUT2D eigenvalue weighted by Gasteiger charge is -2.19. The average Bonchev–Trinajstić information content (AvgIpc) is 3.48. The summed E-state index contributed by atoms with van der Waals surface area (Å²) < 4.78 is 27.1. The molecule has 0 atom stereocenters. The van der Waals surface area contributed by atoms with Crippen LogP contribution in [0.15, 0.2) is 59.0 Å². The van der Waals surface area contributed by atoms with E-state index in [4.69, 9.17) is 21.4 Å². The predicted octanol–water partition coefficient (Wildman–Crippen LogP) is 2.98. The van der Waals surface area contributed by atoms with Gasteiger partial charge in [-0.3, -0.25) is 14.4 Å². The highest BCUT2D eigenvalue weighted by Gasteiger charge is 2.23. The SMILES string of the molecule is COc1ccc(N(N)/C=N\N)c(CNSc2cnn(Cc3cn4cc(C5CC5)ccc4n3)c2)c1F. The lowest BCUT2D eigenvalue weighted by Crippen LogP contribution is -2.31. The molecule has 182 valence electrons. The van der Waals surface area contributed by atoms with Crippen LogP contribution >= 0.6 is 11.9 Å². The Balaban J connectivity index is 1.23. The zero-order valence-electron chi connectivity index (χ0n) is 19.1. The Morgan fingerprint density at radius 1 is 1.29 bits per heavy atom. The van der Waals surface area contributed by atoms with Crippen molar-refractivity contribution in [2.24, 2.45) is 16.8 Å². The quantitative estimate of drug-likeness (QED) is 0.101. The van der Waals surface area contributed by atoms with E-state index in [1.807, 2.05) is 17.1 Å². The Morgan fingerprint density at radius 3 is 2.91 bits per heavy atom. The molecule has 5 N–H and O–H groups in total. The van der Waals surface area contributed by atoms with Crippen molar-refractivity contribution in [3.05, 3.63) is 71.7 Å². The monoisotopic (exact) mass is 495 g/mol. The van der Waals surface area contributed by atoms with E-state index in [-0.39, 0.29) is 12.3 Å². The Morgan fingerprint density at radius 2 is 2.14 bits per heavy atom. The zero-order valence-corrected chi connectivity index (χ0v) is 20.0. The highest BCUT2D eigenvalue weighted by atomic mass is 32.2. The largest absolute Gasteiger partial charge is 0.494 e. The third-order valence-electron chi connectivity index (χ3n) is 5.82. The maximum atomic E-state index is 14.9. The molecule has 3 heterocycles. The molecule has 12 heteroatoms. The van der Waals surface area contributed by atoms with E-state index in [0.717, 1.165) is 21.2 Å². The number of imidazole rings is 1. The van der Waals surface area contributed by atoms with E-state index >= 15 is 0 Å². The third kappa shape index (κ3) is 5.09. The van der Waals surface area contributed by atoms with E-state index in [1.165, 1.54) is 49.9 Å². The van der Waals surface area contributed by atoms with Crippen LogP contribution in [-0.2, 0) is 13.1 Å². The van der Waals surface area contributed by atoms with Gasteiger partial charge in [-0.25, -0.2) is 15.2 Å². The molecule has 0 saturated heterocycles. The first kappa shape index (κ1) is 23.1. The summed E-state index contributed by atoms with van der Waals surface area (Å²) in [5.41, 5.74) is 3.96. The number of hydrazone groups is 1. The minimum atomic E-state index is -0.508. The van der Waals surface area contributed by atoms with Crippen molar-refractivity contribution in [1.82, 2.24) is 23.9 Å². The molecule has 3 aromatic heterocycles. The summed E-state index contributed by atoms with van der Waals surface area (Å²) in [6.45, 7) is 0.728. The molecule has 1 fully saturated rings. The first-order valence-corrected chi connectivity index (χ1v) is 11.9. The molecule has 0 radical (unpaired) electrons.